The van der Waals surface area contributed by atoms with Gasteiger partial charge in [0.1, 0.15) is 5.75 Å². The van der Waals surface area contributed by atoms with Gasteiger partial charge in [-0.3, -0.25) is 9.69 Å². The van der Waals surface area contributed by atoms with Crippen molar-refractivity contribution in [2.75, 3.05) is 19.7 Å². The van der Waals surface area contributed by atoms with Crippen molar-refractivity contribution in [2.24, 2.45) is 11.3 Å². The summed E-state index contributed by atoms with van der Waals surface area (Å²) in [5.41, 5.74) is 0.707. The molecule has 1 aliphatic heterocycles. The number of aliphatic carboxylic acids is 1. The molecule has 1 aromatic carbocycles. The van der Waals surface area contributed by atoms with Crippen LogP contribution in [0.15, 0.2) is 24.3 Å². The van der Waals surface area contributed by atoms with Crippen LogP contribution in [0.5, 0.6) is 5.75 Å². The Hall–Kier alpha value is -1.55. The van der Waals surface area contributed by atoms with Crippen LogP contribution >= 0.6 is 0 Å². The van der Waals surface area contributed by atoms with Crippen LogP contribution in [0.1, 0.15) is 31.7 Å². The highest BCUT2D eigenvalue weighted by Crippen LogP contribution is 2.49. The Morgan fingerprint density at radius 2 is 2.38 bits per heavy atom. The topological polar surface area (TPSA) is 49.8 Å². The minimum atomic E-state index is -0.601. The second-order valence-electron chi connectivity index (χ2n) is 6.30. The Balaban J connectivity index is 1.70. The summed E-state index contributed by atoms with van der Waals surface area (Å²) in [6, 6.07) is 8.11. The Labute approximate surface area is 125 Å². The number of nitrogens with zero attached hydrogens (tertiary/aromatic N) is 1. The zero-order valence-corrected chi connectivity index (χ0v) is 12.5. The molecule has 0 bridgehead atoms. The number of carbonyl (C=O) groups is 1. The molecule has 0 spiro atoms. The second kappa shape index (κ2) is 5.68. The van der Waals surface area contributed by atoms with Crippen LogP contribution in [0.4, 0.5) is 0 Å². The van der Waals surface area contributed by atoms with Crippen molar-refractivity contribution in [2.45, 2.75) is 32.7 Å². The lowest BCUT2D eigenvalue weighted by atomic mass is 9.81. The minimum Gasteiger partial charge on any atom is -0.494 e. The molecule has 1 saturated carbocycles. The van der Waals surface area contributed by atoms with E-state index in [1.165, 1.54) is 5.56 Å². The van der Waals surface area contributed by atoms with Gasteiger partial charge in [-0.15, -0.1) is 0 Å². The number of ether oxygens (including phenoxy) is 1. The molecule has 3 rings (SSSR count). The lowest BCUT2D eigenvalue weighted by molar-refractivity contribution is -0.149. The fourth-order valence-electron chi connectivity index (χ4n) is 4.02. The van der Waals surface area contributed by atoms with Crippen LogP contribution in [0, 0.1) is 11.3 Å². The Bertz CT molecular complexity index is 531. The second-order valence-corrected chi connectivity index (χ2v) is 6.30. The van der Waals surface area contributed by atoms with Gasteiger partial charge in [-0.1, -0.05) is 18.6 Å². The van der Waals surface area contributed by atoms with E-state index in [0.29, 0.717) is 19.1 Å². The molecule has 0 radical (unpaired) electrons. The minimum absolute atomic E-state index is 0.324. The van der Waals surface area contributed by atoms with Gasteiger partial charge >= 0.3 is 5.97 Å². The monoisotopic (exact) mass is 289 g/mol. The highest BCUT2D eigenvalue weighted by atomic mass is 16.5. The van der Waals surface area contributed by atoms with Crippen molar-refractivity contribution in [3.8, 4) is 5.75 Å². The molecule has 4 heteroatoms. The summed E-state index contributed by atoms with van der Waals surface area (Å²) < 4.78 is 5.53. The smallest absolute Gasteiger partial charge is 0.311 e. The van der Waals surface area contributed by atoms with E-state index in [9.17, 15) is 9.90 Å². The van der Waals surface area contributed by atoms with Crippen molar-refractivity contribution in [1.82, 2.24) is 4.90 Å². The molecule has 0 aromatic heterocycles. The number of hydrogen-bond acceptors (Lipinski definition) is 3. The maximum atomic E-state index is 11.7. The summed E-state index contributed by atoms with van der Waals surface area (Å²) in [5, 5.41) is 9.63. The Kier molecular flexibility index (Phi) is 3.89. The zero-order chi connectivity index (χ0) is 14.9. The molecule has 1 N–H and O–H groups in total. The summed E-state index contributed by atoms with van der Waals surface area (Å²) >= 11 is 0. The average Bonchev–Trinajstić information content (AvgIpc) is 2.97. The molecule has 0 amide bonds. The van der Waals surface area contributed by atoms with E-state index in [-0.39, 0.29) is 0 Å². The quantitative estimate of drug-likeness (QED) is 0.905. The summed E-state index contributed by atoms with van der Waals surface area (Å²) in [7, 11) is 0. The number of carboxylic acid groups (broad SMARTS) is 1. The molecular formula is C17H23NO3. The third kappa shape index (κ3) is 2.64. The van der Waals surface area contributed by atoms with Crippen molar-refractivity contribution in [3.63, 3.8) is 0 Å². The molecule has 1 aliphatic carbocycles. The van der Waals surface area contributed by atoms with Gasteiger partial charge in [-0.2, -0.15) is 0 Å². The molecule has 2 aliphatic rings. The van der Waals surface area contributed by atoms with Crippen molar-refractivity contribution >= 4 is 5.97 Å². The molecule has 0 unspecified atom stereocenters. The molecule has 1 saturated heterocycles. The average molecular weight is 289 g/mol. The van der Waals surface area contributed by atoms with E-state index in [4.69, 9.17) is 4.74 Å². The van der Waals surface area contributed by atoms with Crippen LogP contribution in [0.25, 0.3) is 0 Å². The van der Waals surface area contributed by atoms with E-state index in [2.05, 4.69) is 17.0 Å². The van der Waals surface area contributed by atoms with Gasteiger partial charge in [0.05, 0.1) is 12.0 Å². The molecule has 2 atom stereocenters. The number of likely N-dealkylation sites (tertiary alicyclic amines) is 1. The van der Waals surface area contributed by atoms with Crippen molar-refractivity contribution in [3.05, 3.63) is 29.8 Å². The third-order valence-electron chi connectivity index (χ3n) is 4.98. The van der Waals surface area contributed by atoms with Crippen molar-refractivity contribution < 1.29 is 14.6 Å². The van der Waals surface area contributed by atoms with Crippen LogP contribution < -0.4 is 4.74 Å². The predicted octanol–water partition coefficient (Wildman–Crippen LogP) is 2.77. The van der Waals surface area contributed by atoms with Gasteiger partial charge in [0.2, 0.25) is 0 Å². The molecule has 2 fully saturated rings. The van der Waals surface area contributed by atoms with Gasteiger partial charge in [-0.05, 0) is 43.4 Å². The first-order chi connectivity index (χ1) is 10.1. The van der Waals surface area contributed by atoms with E-state index in [1.54, 1.807) is 0 Å². The predicted molar refractivity (Wildman–Crippen MR) is 80.3 cm³/mol. The number of hydrogen-bond donors (Lipinski definition) is 1. The van der Waals surface area contributed by atoms with Crippen LogP contribution in [0.2, 0.25) is 0 Å². The molecular weight excluding hydrogens is 266 g/mol. The standard InChI is InChI=1S/C17H23NO3/c1-2-21-15-7-3-5-13(9-15)10-18-11-14-6-4-8-17(14,12-18)16(19)20/h3,5,7,9,14H,2,4,6,8,10-12H2,1H3,(H,19,20)/t14-,17+/m0/s1. The number of benzene rings is 1. The SMILES string of the molecule is CCOc1cccc(CN2C[C@@H]3CCC[C@@]3(C(=O)O)C2)c1. The zero-order valence-electron chi connectivity index (χ0n) is 12.5. The molecule has 1 heterocycles. The first kappa shape index (κ1) is 14.4. The molecule has 1 aromatic rings. The van der Waals surface area contributed by atoms with Crippen LogP contribution in [-0.2, 0) is 11.3 Å². The van der Waals surface area contributed by atoms with Gasteiger partial charge in [0.15, 0.2) is 0 Å². The van der Waals surface area contributed by atoms with Gasteiger partial charge < -0.3 is 9.84 Å². The van der Waals surface area contributed by atoms with E-state index < -0.39 is 11.4 Å². The molecule has 21 heavy (non-hydrogen) atoms. The highest BCUT2D eigenvalue weighted by Gasteiger charge is 2.54. The third-order valence-corrected chi connectivity index (χ3v) is 4.98. The van der Waals surface area contributed by atoms with E-state index >= 15 is 0 Å². The normalized spacial score (nSPS) is 28.5. The molecule has 114 valence electrons. The van der Waals surface area contributed by atoms with E-state index in [1.807, 2.05) is 19.1 Å². The number of carboxylic acids is 1. The molecule has 4 nitrogen and oxygen atoms in total. The fraction of sp³-hybridized carbons (Fsp3) is 0.588. The van der Waals surface area contributed by atoms with Gasteiger partial charge in [-0.25, -0.2) is 0 Å². The van der Waals surface area contributed by atoms with Crippen LogP contribution in [0.3, 0.4) is 0 Å². The van der Waals surface area contributed by atoms with Crippen molar-refractivity contribution in [1.29, 1.82) is 0 Å². The van der Waals surface area contributed by atoms with Gasteiger partial charge in [0.25, 0.3) is 0 Å². The Morgan fingerprint density at radius 1 is 1.52 bits per heavy atom. The largest absolute Gasteiger partial charge is 0.494 e. The summed E-state index contributed by atoms with van der Waals surface area (Å²) in [4.78, 5) is 14.0. The maximum absolute atomic E-state index is 11.7. The summed E-state index contributed by atoms with van der Waals surface area (Å²) in [5.74, 6) is 0.614. The maximum Gasteiger partial charge on any atom is 0.311 e. The summed E-state index contributed by atoms with van der Waals surface area (Å²) in [6.07, 6.45) is 2.95. The lowest BCUT2D eigenvalue weighted by Crippen LogP contribution is -2.35. The fourth-order valence-corrected chi connectivity index (χ4v) is 4.02. The lowest BCUT2D eigenvalue weighted by Gasteiger charge is -2.23. The number of rotatable bonds is 5. The van der Waals surface area contributed by atoms with E-state index in [0.717, 1.165) is 38.1 Å². The Morgan fingerprint density at radius 3 is 3.10 bits per heavy atom. The number of fused-ring (bicyclic) bond motifs is 1. The first-order valence-corrected chi connectivity index (χ1v) is 7.81. The van der Waals surface area contributed by atoms with Gasteiger partial charge in [0, 0.05) is 19.6 Å². The summed E-state index contributed by atoms with van der Waals surface area (Å²) in [6.45, 7) is 5.05. The highest BCUT2D eigenvalue weighted by molar-refractivity contribution is 5.76. The van der Waals surface area contributed by atoms with Crippen LogP contribution in [-0.4, -0.2) is 35.7 Å². The first-order valence-electron chi connectivity index (χ1n) is 7.81.